The lowest BCUT2D eigenvalue weighted by atomic mass is 9.78. The first-order valence-corrected chi connectivity index (χ1v) is 9.68. The Labute approximate surface area is 155 Å². The maximum atomic E-state index is 12.7. The number of sulfonamides is 1. The second-order valence-corrected chi connectivity index (χ2v) is 8.01. The fraction of sp³-hybridized carbons (Fsp3) is 0.562. The number of carbonyl (C=O) groups excluding carboxylic acids is 1. The van der Waals surface area contributed by atoms with Crippen LogP contribution in [0.3, 0.4) is 0 Å². The second kappa shape index (κ2) is 9.38. The summed E-state index contributed by atoms with van der Waals surface area (Å²) < 4.78 is 30.8. The zero-order chi connectivity index (χ0) is 17.6. The maximum Gasteiger partial charge on any atom is 0.233 e. The number of benzene rings is 1. The Bertz CT molecular complexity index is 653. The van der Waals surface area contributed by atoms with Crippen molar-refractivity contribution in [1.29, 1.82) is 0 Å². The van der Waals surface area contributed by atoms with Gasteiger partial charge in [0.05, 0.1) is 17.8 Å². The van der Waals surface area contributed by atoms with Crippen LogP contribution in [0.15, 0.2) is 24.3 Å². The molecule has 1 amide bonds. The van der Waals surface area contributed by atoms with Crippen LogP contribution < -0.4 is 15.4 Å². The molecule has 1 aliphatic rings. The number of halogens is 1. The minimum Gasteiger partial charge on any atom is -0.384 e. The van der Waals surface area contributed by atoms with Gasteiger partial charge in [0.25, 0.3) is 0 Å². The van der Waals surface area contributed by atoms with Gasteiger partial charge in [0.2, 0.25) is 15.9 Å². The molecule has 0 aliphatic carbocycles. The van der Waals surface area contributed by atoms with E-state index >= 15 is 0 Å². The van der Waals surface area contributed by atoms with Crippen molar-refractivity contribution in [2.45, 2.75) is 19.8 Å². The van der Waals surface area contributed by atoms with Gasteiger partial charge in [-0.05, 0) is 57.1 Å². The summed E-state index contributed by atoms with van der Waals surface area (Å²) in [4.78, 5) is 12.7. The molecule has 0 aromatic heterocycles. The molecule has 1 heterocycles. The molecule has 9 heteroatoms. The fourth-order valence-electron chi connectivity index (χ4n) is 2.76. The van der Waals surface area contributed by atoms with Crippen molar-refractivity contribution in [2.24, 2.45) is 5.41 Å². The van der Waals surface area contributed by atoms with Crippen LogP contribution in [0.25, 0.3) is 0 Å². The Morgan fingerprint density at radius 2 is 1.76 bits per heavy atom. The van der Waals surface area contributed by atoms with Crippen LogP contribution in [0.4, 0.5) is 11.4 Å². The molecule has 3 N–H and O–H groups in total. The highest BCUT2D eigenvalue weighted by Crippen LogP contribution is 2.31. The lowest BCUT2D eigenvalue weighted by Gasteiger charge is -2.35. The number of methoxy groups -OCH3 is 1. The first kappa shape index (κ1) is 21.7. The average Bonchev–Trinajstić information content (AvgIpc) is 2.57. The third-order valence-electron chi connectivity index (χ3n) is 4.26. The molecular weight excluding hydrogens is 366 g/mol. The Morgan fingerprint density at radius 1 is 1.20 bits per heavy atom. The summed E-state index contributed by atoms with van der Waals surface area (Å²) in [6, 6.07) is 6.64. The van der Waals surface area contributed by atoms with E-state index < -0.39 is 15.4 Å². The normalized spacial score (nSPS) is 16.6. The summed E-state index contributed by atoms with van der Waals surface area (Å²) in [6.07, 6.45) is 1.45. The molecular formula is C16H26ClN3O4S. The van der Waals surface area contributed by atoms with Gasteiger partial charge in [-0.25, -0.2) is 8.42 Å². The largest absolute Gasteiger partial charge is 0.384 e. The van der Waals surface area contributed by atoms with Gasteiger partial charge in [-0.15, -0.1) is 12.4 Å². The molecule has 25 heavy (non-hydrogen) atoms. The van der Waals surface area contributed by atoms with Crippen LogP contribution in [-0.2, 0) is 19.6 Å². The Kier molecular flexibility index (Phi) is 8.14. The van der Waals surface area contributed by atoms with Gasteiger partial charge in [-0.3, -0.25) is 9.52 Å². The number of ether oxygens (including phenoxy) is 1. The van der Waals surface area contributed by atoms with Crippen molar-refractivity contribution in [3.8, 4) is 0 Å². The predicted octanol–water partition coefficient (Wildman–Crippen LogP) is 1.82. The molecule has 0 atom stereocenters. The topological polar surface area (TPSA) is 96.5 Å². The van der Waals surface area contributed by atoms with Crippen LogP contribution >= 0.6 is 12.4 Å². The van der Waals surface area contributed by atoms with Crippen LogP contribution in [0.5, 0.6) is 0 Å². The van der Waals surface area contributed by atoms with Gasteiger partial charge in [-0.2, -0.15) is 0 Å². The summed E-state index contributed by atoms with van der Waals surface area (Å²) in [7, 11) is -1.70. The molecule has 0 saturated carbocycles. The highest BCUT2D eigenvalue weighted by molar-refractivity contribution is 7.92. The summed E-state index contributed by atoms with van der Waals surface area (Å²) >= 11 is 0. The van der Waals surface area contributed by atoms with E-state index in [0.29, 0.717) is 18.0 Å². The zero-order valence-corrected chi connectivity index (χ0v) is 16.1. The van der Waals surface area contributed by atoms with Crippen molar-refractivity contribution in [2.75, 3.05) is 42.6 Å². The third-order valence-corrected chi connectivity index (χ3v) is 5.57. The molecule has 2 rings (SSSR count). The highest BCUT2D eigenvalue weighted by atomic mass is 35.5. The van der Waals surface area contributed by atoms with Crippen LogP contribution in [0.1, 0.15) is 19.8 Å². The Morgan fingerprint density at radius 3 is 2.28 bits per heavy atom. The first-order valence-electron chi connectivity index (χ1n) is 8.02. The molecule has 1 aliphatic heterocycles. The van der Waals surface area contributed by atoms with Crippen molar-refractivity contribution in [3.05, 3.63) is 24.3 Å². The predicted molar refractivity (Wildman–Crippen MR) is 102 cm³/mol. The molecule has 1 saturated heterocycles. The standard InChI is InChI=1S/C16H25N3O4S.ClH/c1-3-24(21,22)19-14-6-4-13(5-7-14)18-15(20)16(12-23-2)8-10-17-11-9-16;/h4-7,17,19H,3,8-12H2,1-2H3,(H,18,20);1H. The average molecular weight is 392 g/mol. The summed E-state index contributed by atoms with van der Waals surface area (Å²) in [6.45, 7) is 3.53. The summed E-state index contributed by atoms with van der Waals surface area (Å²) in [5, 5.41) is 6.17. The number of rotatable bonds is 7. The van der Waals surface area contributed by atoms with E-state index in [1.54, 1.807) is 38.3 Å². The van der Waals surface area contributed by atoms with Gasteiger partial charge in [0, 0.05) is 18.5 Å². The number of nitrogens with one attached hydrogen (secondary N) is 3. The van der Waals surface area contributed by atoms with Crippen molar-refractivity contribution >= 4 is 39.7 Å². The second-order valence-electron chi connectivity index (χ2n) is 6.00. The number of hydrogen-bond donors (Lipinski definition) is 3. The van der Waals surface area contributed by atoms with Crippen molar-refractivity contribution < 1.29 is 17.9 Å². The van der Waals surface area contributed by atoms with Gasteiger partial charge >= 0.3 is 0 Å². The van der Waals surface area contributed by atoms with Gasteiger partial charge < -0.3 is 15.4 Å². The molecule has 142 valence electrons. The SMILES string of the molecule is CCS(=O)(=O)Nc1ccc(NC(=O)C2(COC)CCNCC2)cc1.Cl. The van der Waals surface area contributed by atoms with E-state index in [1.165, 1.54) is 0 Å². The molecule has 1 aromatic carbocycles. The fourth-order valence-corrected chi connectivity index (χ4v) is 3.40. The molecule has 0 bridgehead atoms. The van der Waals surface area contributed by atoms with Gasteiger partial charge in [-0.1, -0.05) is 0 Å². The van der Waals surface area contributed by atoms with Crippen LogP contribution in [0, 0.1) is 5.41 Å². The van der Waals surface area contributed by atoms with Crippen LogP contribution in [0.2, 0.25) is 0 Å². The van der Waals surface area contributed by atoms with E-state index in [0.717, 1.165) is 25.9 Å². The number of carbonyl (C=O) groups is 1. The van der Waals surface area contributed by atoms with E-state index in [9.17, 15) is 13.2 Å². The zero-order valence-electron chi connectivity index (χ0n) is 14.5. The quantitative estimate of drug-likeness (QED) is 0.658. The molecule has 0 unspecified atom stereocenters. The lowest BCUT2D eigenvalue weighted by molar-refractivity contribution is -0.130. The molecule has 7 nitrogen and oxygen atoms in total. The smallest absolute Gasteiger partial charge is 0.233 e. The minimum atomic E-state index is -3.30. The van der Waals surface area contributed by atoms with E-state index in [4.69, 9.17) is 4.74 Å². The van der Waals surface area contributed by atoms with Crippen molar-refractivity contribution in [3.63, 3.8) is 0 Å². The van der Waals surface area contributed by atoms with Gasteiger partial charge in [0.15, 0.2) is 0 Å². The van der Waals surface area contributed by atoms with E-state index in [-0.39, 0.29) is 24.1 Å². The highest BCUT2D eigenvalue weighted by Gasteiger charge is 2.39. The molecule has 1 fully saturated rings. The number of piperidine rings is 1. The monoisotopic (exact) mass is 391 g/mol. The van der Waals surface area contributed by atoms with Crippen molar-refractivity contribution in [1.82, 2.24) is 5.32 Å². The summed E-state index contributed by atoms with van der Waals surface area (Å²) in [5.41, 5.74) is 0.583. The molecule has 0 radical (unpaired) electrons. The minimum absolute atomic E-state index is 0. The number of amides is 1. The van der Waals surface area contributed by atoms with Crippen LogP contribution in [-0.4, -0.2) is 46.9 Å². The third kappa shape index (κ3) is 5.85. The molecule has 0 spiro atoms. The first-order chi connectivity index (χ1) is 11.4. The van der Waals surface area contributed by atoms with E-state index in [1.807, 2.05) is 0 Å². The number of anilines is 2. The maximum absolute atomic E-state index is 12.7. The Hall–Kier alpha value is -1.35. The lowest BCUT2D eigenvalue weighted by Crippen LogP contribution is -2.47. The Balaban J connectivity index is 0.00000312. The van der Waals surface area contributed by atoms with Gasteiger partial charge in [0.1, 0.15) is 0 Å². The molecule has 1 aromatic rings. The number of hydrogen-bond acceptors (Lipinski definition) is 5. The summed E-state index contributed by atoms with van der Waals surface area (Å²) in [5.74, 6) is -0.0493. The van der Waals surface area contributed by atoms with E-state index in [2.05, 4.69) is 15.4 Å².